The van der Waals surface area contributed by atoms with Gasteiger partial charge in [0.05, 0.1) is 11.6 Å². The Balaban J connectivity index is 1.94. The second kappa shape index (κ2) is 8.92. The number of esters is 1. The molecule has 1 aromatic heterocycles. The molecule has 0 saturated carbocycles. The topological polar surface area (TPSA) is 57.7 Å². The van der Waals surface area contributed by atoms with Crippen molar-refractivity contribution in [2.75, 3.05) is 6.61 Å². The third-order valence-corrected chi connectivity index (χ3v) is 3.49. The van der Waals surface area contributed by atoms with Crippen LogP contribution in [0.25, 0.3) is 0 Å². The van der Waals surface area contributed by atoms with Crippen molar-refractivity contribution >= 4 is 29.2 Å². The number of aromatic nitrogens is 1. The highest BCUT2D eigenvalue weighted by Crippen LogP contribution is 2.30. The second-order valence-corrected chi connectivity index (χ2v) is 6.64. The van der Waals surface area contributed by atoms with Crippen LogP contribution >= 0.6 is 23.2 Å². The van der Waals surface area contributed by atoms with Crippen molar-refractivity contribution in [3.05, 3.63) is 46.6 Å². The lowest BCUT2D eigenvalue weighted by Gasteiger charge is -2.15. The smallest absolute Gasteiger partial charge is 0.347 e. The van der Waals surface area contributed by atoms with E-state index in [0.29, 0.717) is 28.2 Å². The zero-order valence-corrected chi connectivity index (χ0v) is 15.7. The molecule has 134 valence electrons. The van der Waals surface area contributed by atoms with Crippen LogP contribution in [0.15, 0.2) is 36.5 Å². The van der Waals surface area contributed by atoms with E-state index in [0.717, 1.165) is 0 Å². The maximum Gasteiger partial charge on any atom is 0.347 e. The summed E-state index contributed by atoms with van der Waals surface area (Å²) >= 11 is 11.8. The lowest BCUT2D eigenvalue weighted by molar-refractivity contribution is -0.152. The Morgan fingerprint density at radius 2 is 1.76 bits per heavy atom. The summed E-state index contributed by atoms with van der Waals surface area (Å²) in [6.07, 6.45) is 0.753. The molecule has 0 aliphatic rings. The molecule has 0 radical (unpaired) electrons. The van der Waals surface area contributed by atoms with Crippen LogP contribution in [-0.4, -0.2) is 23.7 Å². The molecule has 0 bridgehead atoms. The predicted molar refractivity (Wildman–Crippen MR) is 96.7 cm³/mol. The molecular formula is C18H19Cl2NO4. The van der Waals surface area contributed by atoms with Crippen LogP contribution in [0.5, 0.6) is 17.4 Å². The molecule has 7 heteroatoms. The van der Waals surface area contributed by atoms with Gasteiger partial charge >= 0.3 is 5.97 Å². The molecule has 25 heavy (non-hydrogen) atoms. The van der Waals surface area contributed by atoms with Gasteiger partial charge in [-0.15, -0.1) is 0 Å². The van der Waals surface area contributed by atoms with Gasteiger partial charge in [-0.1, -0.05) is 37.0 Å². The van der Waals surface area contributed by atoms with Gasteiger partial charge in [-0.05, 0) is 43.2 Å². The average Bonchev–Trinajstić information content (AvgIpc) is 2.56. The number of benzene rings is 1. The molecule has 0 amide bonds. The molecule has 0 spiro atoms. The summed E-state index contributed by atoms with van der Waals surface area (Å²) in [4.78, 5) is 15.8. The average molecular weight is 384 g/mol. The maximum atomic E-state index is 11.8. The summed E-state index contributed by atoms with van der Waals surface area (Å²) in [5, 5.41) is 0.744. The molecular weight excluding hydrogens is 365 g/mol. The maximum absolute atomic E-state index is 11.8. The Bertz CT molecular complexity index is 720. The van der Waals surface area contributed by atoms with E-state index in [1.165, 1.54) is 6.20 Å². The van der Waals surface area contributed by atoms with Gasteiger partial charge in [0.15, 0.2) is 6.10 Å². The number of carbonyl (C=O) groups is 1. The van der Waals surface area contributed by atoms with Crippen molar-refractivity contribution in [2.24, 2.45) is 5.92 Å². The Hall–Kier alpha value is -1.98. The van der Waals surface area contributed by atoms with E-state index >= 15 is 0 Å². The van der Waals surface area contributed by atoms with E-state index in [-0.39, 0.29) is 11.8 Å². The first-order valence-corrected chi connectivity index (χ1v) is 8.53. The van der Waals surface area contributed by atoms with Crippen LogP contribution in [0.3, 0.4) is 0 Å². The molecule has 1 atom stereocenters. The molecule has 1 heterocycles. The summed E-state index contributed by atoms with van der Waals surface area (Å²) in [5.74, 6) is 1.19. The zero-order chi connectivity index (χ0) is 18.4. The van der Waals surface area contributed by atoms with E-state index in [2.05, 4.69) is 4.98 Å². The minimum Gasteiger partial charge on any atom is -0.479 e. The molecule has 0 aliphatic carbocycles. The van der Waals surface area contributed by atoms with Gasteiger partial charge in [-0.3, -0.25) is 0 Å². The molecule has 1 aromatic carbocycles. The SMILES string of the molecule is CC(C)COC(=O)C(C)Oc1ccc(Oc2ncc(Cl)cc2Cl)cc1. The standard InChI is InChI=1S/C18H19Cl2NO4/c1-11(2)10-23-18(22)12(3)24-14-4-6-15(7-5-14)25-17-16(20)8-13(19)9-21-17/h4-9,11-12H,10H2,1-3H3. The second-order valence-electron chi connectivity index (χ2n) is 5.80. The van der Waals surface area contributed by atoms with Crippen molar-refractivity contribution in [3.63, 3.8) is 0 Å². The van der Waals surface area contributed by atoms with E-state index in [4.69, 9.17) is 37.4 Å². The van der Waals surface area contributed by atoms with Gasteiger partial charge < -0.3 is 14.2 Å². The fraction of sp³-hybridized carbons (Fsp3) is 0.333. The van der Waals surface area contributed by atoms with Crippen LogP contribution < -0.4 is 9.47 Å². The number of rotatable bonds is 7. The summed E-state index contributed by atoms with van der Waals surface area (Å²) < 4.78 is 16.3. The Labute approximate surface area is 156 Å². The fourth-order valence-electron chi connectivity index (χ4n) is 1.79. The Kier molecular flexibility index (Phi) is 6.91. The Morgan fingerprint density at radius 3 is 2.36 bits per heavy atom. The van der Waals surface area contributed by atoms with Crippen LogP contribution in [0.2, 0.25) is 10.0 Å². The molecule has 0 N–H and O–H groups in total. The quantitative estimate of drug-likeness (QED) is 0.618. The third kappa shape index (κ3) is 6.11. The number of ether oxygens (including phenoxy) is 3. The lowest BCUT2D eigenvalue weighted by atomic mass is 10.2. The van der Waals surface area contributed by atoms with E-state index in [1.54, 1.807) is 37.3 Å². The van der Waals surface area contributed by atoms with Gasteiger partial charge in [0.1, 0.15) is 16.5 Å². The molecule has 5 nitrogen and oxygen atoms in total. The molecule has 0 aliphatic heterocycles. The van der Waals surface area contributed by atoms with E-state index in [9.17, 15) is 4.79 Å². The number of halogens is 2. The van der Waals surface area contributed by atoms with Crippen molar-refractivity contribution in [1.29, 1.82) is 0 Å². The third-order valence-electron chi connectivity index (χ3n) is 3.02. The first-order valence-electron chi connectivity index (χ1n) is 7.77. The van der Waals surface area contributed by atoms with Gasteiger partial charge in [0.2, 0.25) is 5.88 Å². The minimum absolute atomic E-state index is 0.255. The molecule has 0 fully saturated rings. The van der Waals surface area contributed by atoms with Crippen molar-refractivity contribution in [2.45, 2.75) is 26.9 Å². The summed E-state index contributed by atoms with van der Waals surface area (Å²) in [7, 11) is 0. The van der Waals surface area contributed by atoms with E-state index in [1.807, 2.05) is 13.8 Å². The highest BCUT2D eigenvalue weighted by molar-refractivity contribution is 6.35. The lowest BCUT2D eigenvalue weighted by Crippen LogP contribution is -2.27. The largest absolute Gasteiger partial charge is 0.479 e. The van der Waals surface area contributed by atoms with Crippen molar-refractivity contribution in [3.8, 4) is 17.4 Å². The van der Waals surface area contributed by atoms with E-state index < -0.39 is 12.1 Å². The summed E-state index contributed by atoms with van der Waals surface area (Å²) in [6.45, 7) is 5.96. The predicted octanol–water partition coefficient (Wildman–Crippen LogP) is 5.15. The number of nitrogens with zero attached hydrogens (tertiary/aromatic N) is 1. The van der Waals surface area contributed by atoms with Crippen LogP contribution in [0.1, 0.15) is 20.8 Å². The number of hydrogen-bond donors (Lipinski definition) is 0. The van der Waals surface area contributed by atoms with Gasteiger partial charge in [-0.2, -0.15) is 0 Å². The zero-order valence-electron chi connectivity index (χ0n) is 14.2. The Morgan fingerprint density at radius 1 is 1.12 bits per heavy atom. The highest BCUT2D eigenvalue weighted by Gasteiger charge is 2.17. The summed E-state index contributed by atoms with van der Waals surface area (Å²) in [5.41, 5.74) is 0. The van der Waals surface area contributed by atoms with Crippen molar-refractivity contribution < 1.29 is 19.0 Å². The minimum atomic E-state index is -0.696. The van der Waals surface area contributed by atoms with Gasteiger partial charge in [0.25, 0.3) is 0 Å². The van der Waals surface area contributed by atoms with Crippen molar-refractivity contribution in [1.82, 2.24) is 4.98 Å². The summed E-state index contributed by atoms with van der Waals surface area (Å²) in [6, 6.07) is 8.30. The molecule has 1 unspecified atom stereocenters. The molecule has 0 saturated heterocycles. The number of hydrogen-bond acceptors (Lipinski definition) is 5. The first kappa shape index (κ1) is 19.3. The van der Waals surface area contributed by atoms with Crippen LogP contribution in [-0.2, 0) is 9.53 Å². The van der Waals surface area contributed by atoms with Crippen LogP contribution in [0, 0.1) is 5.92 Å². The molecule has 2 aromatic rings. The number of carbonyl (C=O) groups excluding carboxylic acids is 1. The van der Waals surface area contributed by atoms with Crippen LogP contribution in [0.4, 0.5) is 0 Å². The first-order chi connectivity index (χ1) is 11.8. The van der Waals surface area contributed by atoms with Gasteiger partial charge in [-0.25, -0.2) is 9.78 Å². The number of pyridine rings is 1. The molecule has 2 rings (SSSR count). The normalized spacial score (nSPS) is 11.9. The van der Waals surface area contributed by atoms with Gasteiger partial charge in [0, 0.05) is 6.20 Å². The fourth-order valence-corrected chi connectivity index (χ4v) is 2.21. The monoisotopic (exact) mass is 383 g/mol. The highest BCUT2D eigenvalue weighted by atomic mass is 35.5.